The van der Waals surface area contributed by atoms with Gasteiger partial charge in [-0.3, -0.25) is 0 Å². The van der Waals surface area contributed by atoms with Gasteiger partial charge in [-0.2, -0.15) is 13.2 Å². The highest BCUT2D eigenvalue weighted by molar-refractivity contribution is 5.88. The first-order valence-electron chi connectivity index (χ1n) is 5.75. The number of rotatable bonds is 6. The predicted molar refractivity (Wildman–Crippen MR) is 61.4 cm³/mol. The third-order valence-corrected chi connectivity index (χ3v) is 2.32. The first-order valence-corrected chi connectivity index (χ1v) is 5.75. The molecule has 1 aromatic heterocycles. The van der Waals surface area contributed by atoms with Gasteiger partial charge in [0.05, 0.1) is 12.2 Å². The summed E-state index contributed by atoms with van der Waals surface area (Å²) in [6.45, 7) is 1.64. The van der Waals surface area contributed by atoms with Crippen LogP contribution < -0.4 is 4.74 Å². The minimum absolute atomic E-state index is 0.0117. The fourth-order valence-corrected chi connectivity index (χ4v) is 1.39. The summed E-state index contributed by atoms with van der Waals surface area (Å²) in [6, 6.07) is 2.61. The molecule has 1 aromatic rings. The van der Waals surface area contributed by atoms with Crippen LogP contribution in [-0.4, -0.2) is 28.8 Å². The number of carboxylic acid groups (broad SMARTS) is 1. The van der Waals surface area contributed by atoms with Crippen LogP contribution in [0, 0.1) is 0 Å². The minimum atomic E-state index is -4.21. The Balaban J connectivity index is 2.62. The van der Waals surface area contributed by atoms with Gasteiger partial charge in [0.25, 0.3) is 0 Å². The van der Waals surface area contributed by atoms with E-state index >= 15 is 0 Å². The van der Waals surface area contributed by atoms with Crippen LogP contribution in [0.1, 0.15) is 35.8 Å². The number of aromatic nitrogens is 1. The molecule has 0 radical (unpaired) electrons. The van der Waals surface area contributed by atoms with Crippen LogP contribution in [0.4, 0.5) is 13.2 Å². The summed E-state index contributed by atoms with van der Waals surface area (Å²) in [4.78, 5) is 14.9. The van der Waals surface area contributed by atoms with Crippen LogP contribution in [0.2, 0.25) is 0 Å². The normalized spacial score (nSPS) is 11.4. The van der Waals surface area contributed by atoms with Gasteiger partial charge in [-0.1, -0.05) is 6.92 Å². The smallest absolute Gasteiger partial charge is 0.389 e. The van der Waals surface area contributed by atoms with Gasteiger partial charge in [-0.05, 0) is 18.9 Å². The summed E-state index contributed by atoms with van der Waals surface area (Å²) in [5.41, 5.74) is 0.531. The van der Waals surface area contributed by atoms with Gasteiger partial charge in [0, 0.05) is 18.2 Å². The molecule has 0 fully saturated rings. The van der Waals surface area contributed by atoms with Crippen molar-refractivity contribution in [3.63, 3.8) is 0 Å². The van der Waals surface area contributed by atoms with Gasteiger partial charge >= 0.3 is 12.1 Å². The molecule has 1 N–H and O–H groups in total. The van der Waals surface area contributed by atoms with Gasteiger partial charge in [-0.25, -0.2) is 9.78 Å². The summed E-state index contributed by atoms with van der Waals surface area (Å²) in [7, 11) is 0. The van der Waals surface area contributed by atoms with E-state index < -0.39 is 18.6 Å². The second-order valence-electron chi connectivity index (χ2n) is 3.91. The maximum atomic E-state index is 11.9. The van der Waals surface area contributed by atoms with E-state index in [0.29, 0.717) is 12.1 Å². The van der Waals surface area contributed by atoms with Gasteiger partial charge in [-0.15, -0.1) is 0 Å². The highest BCUT2D eigenvalue weighted by atomic mass is 19.4. The molecule has 0 aromatic carbocycles. The molecule has 7 heteroatoms. The Labute approximate surface area is 108 Å². The van der Waals surface area contributed by atoms with E-state index in [1.165, 1.54) is 12.1 Å². The molecule has 106 valence electrons. The van der Waals surface area contributed by atoms with Crippen LogP contribution in [0.25, 0.3) is 0 Å². The van der Waals surface area contributed by atoms with Crippen molar-refractivity contribution >= 4 is 5.97 Å². The van der Waals surface area contributed by atoms with Gasteiger partial charge in [0.15, 0.2) is 0 Å². The average Bonchev–Trinajstić information content (AvgIpc) is 2.33. The molecule has 0 aliphatic rings. The SMILES string of the molecule is CCc1cc(C(=O)O)cc(OCCCC(F)(F)F)n1. The fraction of sp³-hybridized carbons (Fsp3) is 0.500. The topological polar surface area (TPSA) is 59.4 Å². The minimum Gasteiger partial charge on any atom is -0.478 e. The first-order chi connectivity index (χ1) is 8.81. The maximum absolute atomic E-state index is 11.9. The van der Waals surface area contributed by atoms with E-state index in [1.54, 1.807) is 6.92 Å². The number of ether oxygens (including phenoxy) is 1. The molecular weight excluding hydrogens is 263 g/mol. The third kappa shape index (κ3) is 5.58. The van der Waals surface area contributed by atoms with E-state index in [-0.39, 0.29) is 24.5 Å². The summed E-state index contributed by atoms with van der Waals surface area (Å²) in [5.74, 6) is -1.09. The van der Waals surface area contributed by atoms with Crippen LogP contribution >= 0.6 is 0 Å². The number of pyridine rings is 1. The van der Waals surface area contributed by atoms with Crippen molar-refractivity contribution in [3.8, 4) is 5.88 Å². The molecule has 1 heterocycles. The number of nitrogens with zero attached hydrogens (tertiary/aromatic N) is 1. The number of alkyl halides is 3. The van der Waals surface area contributed by atoms with Crippen molar-refractivity contribution in [2.45, 2.75) is 32.4 Å². The van der Waals surface area contributed by atoms with Crippen LogP contribution in [0.15, 0.2) is 12.1 Å². The Bertz CT molecular complexity index is 446. The van der Waals surface area contributed by atoms with E-state index in [4.69, 9.17) is 9.84 Å². The van der Waals surface area contributed by atoms with E-state index in [0.717, 1.165) is 0 Å². The molecule has 1 rings (SSSR count). The maximum Gasteiger partial charge on any atom is 0.389 e. The number of carbonyl (C=O) groups is 1. The lowest BCUT2D eigenvalue weighted by Crippen LogP contribution is -2.10. The summed E-state index contributed by atoms with van der Waals surface area (Å²) >= 11 is 0. The Kier molecular flexibility index (Phi) is 5.14. The largest absolute Gasteiger partial charge is 0.478 e. The van der Waals surface area contributed by atoms with Crippen molar-refractivity contribution in [2.24, 2.45) is 0 Å². The van der Waals surface area contributed by atoms with Crippen LogP contribution in [0.5, 0.6) is 5.88 Å². The molecule has 0 amide bonds. The molecule has 0 aliphatic carbocycles. The molecule has 19 heavy (non-hydrogen) atoms. The highest BCUT2D eigenvalue weighted by Gasteiger charge is 2.26. The molecule has 0 spiro atoms. The summed E-state index contributed by atoms with van der Waals surface area (Å²) in [5, 5.41) is 8.88. The predicted octanol–water partition coefficient (Wildman–Crippen LogP) is 3.06. The summed E-state index contributed by atoms with van der Waals surface area (Å²) in [6.07, 6.45) is -4.83. The number of aryl methyl sites for hydroxylation is 1. The van der Waals surface area contributed by atoms with Gasteiger partial charge < -0.3 is 9.84 Å². The molecule has 0 aliphatic heterocycles. The molecule has 0 saturated carbocycles. The number of halogens is 3. The molecule has 0 bridgehead atoms. The Morgan fingerprint density at radius 3 is 2.63 bits per heavy atom. The van der Waals surface area contributed by atoms with E-state index in [2.05, 4.69) is 4.98 Å². The number of hydrogen-bond acceptors (Lipinski definition) is 3. The Hall–Kier alpha value is -1.79. The summed E-state index contributed by atoms with van der Waals surface area (Å²) < 4.78 is 40.8. The lowest BCUT2D eigenvalue weighted by Gasteiger charge is -2.09. The second-order valence-corrected chi connectivity index (χ2v) is 3.91. The Morgan fingerprint density at radius 1 is 1.42 bits per heavy atom. The zero-order valence-electron chi connectivity index (χ0n) is 10.3. The monoisotopic (exact) mass is 277 g/mol. The van der Waals surface area contributed by atoms with Crippen molar-refractivity contribution in [1.29, 1.82) is 0 Å². The van der Waals surface area contributed by atoms with Gasteiger partial charge in [0.2, 0.25) is 5.88 Å². The van der Waals surface area contributed by atoms with Crippen molar-refractivity contribution in [3.05, 3.63) is 23.4 Å². The van der Waals surface area contributed by atoms with Gasteiger partial charge in [0.1, 0.15) is 0 Å². The van der Waals surface area contributed by atoms with Crippen LogP contribution in [0.3, 0.4) is 0 Å². The molecule has 0 atom stereocenters. The van der Waals surface area contributed by atoms with Crippen molar-refractivity contribution in [1.82, 2.24) is 4.98 Å². The lowest BCUT2D eigenvalue weighted by molar-refractivity contribution is -0.136. The quantitative estimate of drug-likeness (QED) is 0.812. The Morgan fingerprint density at radius 2 is 2.11 bits per heavy atom. The highest BCUT2D eigenvalue weighted by Crippen LogP contribution is 2.21. The van der Waals surface area contributed by atoms with E-state index in [9.17, 15) is 18.0 Å². The number of aromatic carboxylic acids is 1. The molecule has 0 saturated heterocycles. The van der Waals surface area contributed by atoms with E-state index in [1.807, 2.05) is 0 Å². The number of hydrogen-bond donors (Lipinski definition) is 1. The molecule has 0 unspecified atom stereocenters. The van der Waals surface area contributed by atoms with Crippen molar-refractivity contribution < 1.29 is 27.8 Å². The lowest BCUT2D eigenvalue weighted by atomic mass is 10.2. The zero-order valence-corrected chi connectivity index (χ0v) is 10.3. The van der Waals surface area contributed by atoms with Crippen LogP contribution in [-0.2, 0) is 6.42 Å². The third-order valence-electron chi connectivity index (χ3n) is 2.32. The molecule has 4 nitrogen and oxygen atoms in total. The standard InChI is InChI=1S/C12H14F3NO3/c1-2-9-6-8(11(17)18)7-10(16-9)19-5-3-4-12(13,14)15/h6-7H,2-5H2,1H3,(H,17,18). The second kappa shape index (κ2) is 6.40. The average molecular weight is 277 g/mol. The number of carboxylic acids is 1. The van der Waals surface area contributed by atoms with Crippen molar-refractivity contribution in [2.75, 3.05) is 6.61 Å². The molecular formula is C12H14F3NO3. The first kappa shape index (κ1) is 15.3. The zero-order chi connectivity index (χ0) is 14.5. The fourth-order valence-electron chi connectivity index (χ4n) is 1.39.